The fourth-order valence-electron chi connectivity index (χ4n) is 3.82. The molecular weight excluding hydrogens is 408 g/mol. The molecule has 9 heteroatoms. The monoisotopic (exact) mass is 432 g/mol. The lowest BCUT2D eigenvalue weighted by atomic mass is 10.1. The summed E-state index contributed by atoms with van der Waals surface area (Å²) in [4.78, 5) is 39.7. The number of nitrogens with zero attached hydrogens (tertiary/aromatic N) is 5. The van der Waals surface area contributed by atoms with Gasteiger partial charge in [0.2, 0.25) is 11.9 Å². The van der Waals surface area contributed by atoms with Crippen LogP contribution in [0.5, 0.6) is 0 Å². The highest BCUT2D eigenvalue weighted by Crippen LogP contribution is 2.31. The Morgan fingerprint density at radius 1 is 1.19 bits per heavy atom. The normalized spacial score (nSPS) is 18.4. The number of anilines is 2. The summed E-state index contributed by atoms with van der Waals surface area (Å²) in [5.41, 5.74) is 2.70. The van der Waals surface area contributed by atoms with Crippen molar-refractivity contribution >= 4 is 17.5 Å². The average molecular weight is 432 g/mol. The van der Waals surface area contributed by atoms with Gasteiger partial charge in [-0.05, 0) is 36.6 Å². The van der Waals surface area contributed by atoms with Gasteiger partial charge in [-0.1, -0.05) is 12.1 Å². The Morgan fingerprint density at radius 2 is 2.06 bits per heavy atom. The first-order valence-electron chi connectivity index (χ1n) is 10.7. The largest absolute Gasteiger partial charge is 0.370 e. The minimum Gasteiger partial charge on any atom is -0.370 e. The Balaban J connectivity index is 1.39. The van der Waals surface area contributed by atoms with E-state index in [-0.39, 0.29) is 23.5 Å². The maximum absolute atomic E-state index is 12.6. The SMILES string of the molecule is Cn1c(N2CCO[C@@H](c3cccc(NC(=O)C4CC4)c3)C2)nc(-c2ccncn2)cc1=O. The number of morpholine rings is 1. The first kappa shape index (κ1) is 20.3. The van der Waals surface area contributed by atoms with Crippen molar-refractivity contribution in [3.63, 3.8) is 0 Å². The number of carbonyl (C=O) groups is 1. The number of rotatable bonds is 5. The third kappa shape index (κ3) is 4.24. The van der Waals surface area contributed by atoms with E-state index >= 15 is 0 Å². The molecule has 32 heavy (non-hydrogen) atoms. The van der Waals surface area contributed by atoms with Crippen LogP contribution in [0.1, 0.15) is 24.5 Å². The van der Waals surface area contributed by atoms with Gasteiger partial charge in [0.15, 0.2) is 0 Å². The molecule has 1 amide bonds. The fraction of sp³-hybridized carbons (Fsp3) is 0.348. The predicted molar refractivity (Wildman–Crippen MR) is 119 cm³/mol. The van der Waals surface area contributed by atoms with E-state index in [1.54, 1.807) is 23.9 Å². The Morgan fingerprint density at radius 3 is 2.84 bits per heavy atom. The minimum absolute atomic E-state index is 0.0778. The van der Waals surface area contributed by atoms with Crippen molar-refractivity contribution in [1.82, 2.24) is 19.5 Å². The third-order valence-electron chi connectivity index (χ3n) is 5.78. The Labute approximate surface area is 185 Å². The molecule has 1 saturated carbocycles. The molecular formula is C23H24N6O3. The number of aromatic nitrogens is 4. The molecule has 1 aromatic carbocycles. The summed E-state index contributed by atoms with van der Waals surface area (Å²) in [6.07, 6.45) is 4.79. The maximum atomic E-state index is 12.6. The van der Waals surface area contributed by atoms with Gasteiger partial charge in [0.05, 0.1) is 24.5 Å². The molecule has 1 N–H and O–H groups in total. The number of hydrogen-bond acceptors (Lipinski definition) is 7. The van der Waals surface area contributed by atoms with Crippen LogP contribution < -0.4 is 15.8 Å². The first-order valence-corrected chi connectivity index (χ1v) is 10.7. The van der Waals surface area contributed by atoms with Crippen molar-refractivity contribution in [2.24, 2.45) is 13.0 Å². The zero-order valence-corrected chi connectivity index (χ0v) is 17.8. The van der Waals surface area contributed by atoms with Crippen LogP contribution in [0.4, 0.5) is 11.6 Å². The number of amides is 1. The summed E-state index contributed by atoms with van der Waals surface area (Å²) in [5, 5.41) is 2.99. The van der Waals surface area contributed by atoms with Gasteiger partial charge in [-0.15, -0.1) is 0 Å². The molecule has 164 valence electrons. The van der Waals surface area contributed by atoms with Gasteiger partial charge < -0.3 is 15.0 Å². The molecule has 3 aromatic rings. The highest BCUT2D eigenvalue weighted by molar-refractivity contribution is 5.94. The molecule has 0 unspecified atom stereocenters. The summed E-state index contributed by atoms with van der Waals surface area (Å²) in [6, 6.07) is 11.0. The van der Waals surface area contributed by atoms with Gasteiger partial charge in [0.25, 0.3) is 5.56 Å². The average Bonchev–Trinajstić information content (AvgIpc) is 3.67. The van der Waals surface area contributed by atoms with Crippen molar-refractivity contribution < 1.29 is 9.53 Å². The lowest BCUT2D eigenvalue weighted by Gasteiger charge is -2.34. The molecule has 1 atom stereocenters. The lowest BCUT2D eigenvalue weighted by Crippen LogP contribution is -2.41. The number of nitrogens with one attached hydrogen (secondary N) is 1. The quantitative estimate of drug-likeness (QED) is 0.659. The zero-order valence-electron chi connectivity index (χ0n) is 17.8. The molecule has 2 fully saturated rings. The van der Waals surface area contributed by atoms with E-state index in [1.807, 2.05) is 24.3 Å². The third-order valence-corrected chi connectivity index (χ3v) is 5.78. The number of ether oxygens (including phenoxy) is 1. The Kier molecular flexibility index (Phi) is 5.40. The van der Waals surface area contributed by atoms with Crippen molar-refractivity contribution in [3.8, 4) is 11.4 Å². The second kappa shape index (κ2) is 8.51. The Bertz CT molecular complexity index is 1190. The van der Waals surface area contributed by atoms with Gasteiger partial charge in [0.1, 0.15) is 12.4 Å². The lowest BCUT2D eigenvalue weighted by molar-refractivity contribution is -0.117. The topological polar surface area (TPSA) is 102 Å². The van der Waals surface area contributed by atoms with Crippen LogP contribution in [-0.2, 0) is 16.6 Å². The van der Waals surface area contributed by atoms with Crippen molar-refractivity contribution in [2.45, 2.75) is 18.9 Å². The number of carbonyl (C=O) groups excluding carboxylic acids is 1. The molecule has 5 rings (SSSR count). The van der Waals surface area contributed by atoms with E-state index in [2.05, 4.69) is 20.2 Å². The van der Waals surface area contributed by atoms with Gasteiger partial charge in [-0.2, -0.15) is 0 Å². The van der Waals surface area contributed by atoms with Crippen LogP contribution in [0.25, 0.3) is 11.4 Å². The predicted octanol–water partition coefficient (Wildman–Crippen LogP) is 2.16. The molecule has 0 radical (unpaired) electrons. The zero-order chi connectivity index (χ0) is 22.1. The van der Waals surface area contributed by atoms with E-state index in [4.69, 9.17) is 9.72 Å². The van der Waals surface area contributed by atoms with Gasteiger partial charge in [0, 0.05) is 37.5 Å². The van der Waals surface area contributed by atoms with Crippen LogP contribution >= 0.6 is 0 Å². The standard InChI is InChI=1S/C23H24N6O3/c1-28-21(30)12-19(18-7-8-24-14-25-18)27-23(28)29-9-10-32-20(13-29)16-3-2-4-17(11-16)26-22(31)15-5-6-15/h2-4,7-8,11-12,14-15,20H,5-6,9-10,13H2,1H3,(H,26,31)/t20-/m1/s1. The summed E-state index contributed by atoms with van der Waals surface area (Å²) in [5.74, 6) is 0.793. The molecule has 9 nitrogen and oxygen atoms in total. The summed E-state index contributed by atoms with van der Waals surface area (Å²) < 4.78 is 7.57. The number of benzene rings is 1. The number of hydrogen-bond donors (Lipinski definition) is 1. The molecule has 3 heterocycles. The van der Waals surface area contributed by atoms with Crippen molar-refractivity contribution in [1.29, 1.82) is 0 Å². The molecule has 0 spiro atoms. The van der Waals surface area contributed by atoms with E-state index in [0.29, 0.717) is 37.0 Å². The van der Waals surface area contributed by atoms with Crippen molar-refractivity contribution in [2.75, 3.05) is 29.9 Å². The van der Waals surface area contributed by atoms with Gasteiger partial charge >= 0.3 is 0 Å². The molecule has 1 aliphatic heterocycles. The summed E-state index contributed by atoms with van der Waals surface area (Å²) >= 11 is 0. The van der Waals surface area contributed by atoms with Crippen LogP contribution in [0.3, 0.4) is 0 Å². The van der Waals surface area contributed by atoms with E-state index in [1.165, 1.54) is 12.4 Å². The van der Waals surface area contributed by atoms with Crippen LogP contribution in [0, 0.1) is 5.92 Å². The second-order valence-electron chi connectivity index (χ2n) is 8.13. The van der Waals surface area contributed by atoms with E-state index < -0.39 is 0 Å². The molecule has 0 bridgehead atoms. The minimum atomic E-state index is -0.207. The molecule has 2 aliphatic rings. The maximum Gasteiger partial charge on any atom is 0.255 e. The summed E-state index contributed by atoms with van der Waals surface area (Å²) in [6.45, 7) is 1.65. The van der Waals surface area contributed by atoms with Gasteiger partial charge in [-0.25, -0.2) is 15.0 Å². The van der Waals surface area contributed by atoms with E-state index in [0.717, 1.165) is 24.1 Å². The molecule has 2 aromatic heterocycles. The van der Waals surface area contributed by atoms with Crippen LogP contribution in [0.15, 0.2) is 53.7 Å². The molecule has 1 aliphatic carbocycles. The molecule has 1 saturated heterocycles. The Hall–Kier alpha value is -3.59. The van der Waals surface area contributed by atoms with Crippen LogP contribution in [-0.4, -0.2) is 45.1 Å². The van der Waals surface area contributed by atoms with E-state index in [9.17, 15) is 9.59 Å². The smallest absolute Gasteiger partial charge is 0.255 e. The van der Waals surface area contributed by atoms with Crippen molar-refractivity contribution in [3.05, 3.63) is 64.8 Å². The second-order valence-corrected chi connectivity index (χ2v) is 8.13. The highest BCUT2D eigenvalue weighted by Gasteiger charge is 2.30. The summed E-state index contributed by atoms with van der Waals surface area (Å²) in [7, 11) is 1.72. The highest BCUT2D eigenvalue weighted by atomic mass is 16.5. The first-order chi connectivity index (χ1) is 15.6. The van der Waals surface area contributed by atoms with Gasteiger partial charge in [-0.3, -0.25) is 14.2 Å². The fourth-order valence-corrected chi connectivity index (χ4v) is 3.82. The van der Waals surface area contributed by atoms with Crippen LogP contribution in [0.2, 0.25) is 0 Å².